The smallest absolute Gasteiger partial charge is 0.185 e. The largest absolute Gasteiger partial charge is 0.488 e. The van der Waals surface area contributed by atoms with Gasteiger partial charge in [0.15, 0.2) is 5.78 Å². The van der Waals surface area contributed by atoms with Crippen LogP contribution < -0.4 is 9.47 Å². The van der Waals surface area contributed by atoms with Crippen molar-refractivity contribution < 1.29 is 14.3 Å². The summed E-state index contributed by atoms with van der Waals surface area (Å²) in [6.45, 7) is 0.972. The van der Waals surface area contributed by atoms with E-state index >= 15 is 0 Å². The molecule has 4 aromatic rings. The van der Waals surface area contributed by atoms with Gasteiger partial charge in [0.2, 0.25) is 0 Å². The molecule has 5 rings (SSSR count). The SMILES string of the molecule is O=C1/C(=C/c2ccccc2OCc2ccccc2)CCC/C1=C\c1ccccc1OCc1ccccc1. The minimum absolute atomic E-state index is 0.0991. The molecule has 3 heteroatoms. The zero-order chi connectivity index (χ0) is 25.3. The summed E-state index contributed by atoms with van der Waals surface area (Å²) in [4.78, 5) is 13.5. The van der Waals surface area contributed by atoms with E-state index in [1.165, 1.54) is 0 Å². The normalized spacial score (nSPS) is 15.6. The number of ether oxygens (including phenoxy) is 2. The van der Waals surface area contributed by atoms with Crippen molar-refractivity contribution in [3.8, 4) is 11.5 Å². The fourth-order valence-corrected chi connectivity index (χ4v) is 4.49. The lowest BCUT2D eigenvalue weighted by Crippen LogP contribution is -2.12. The predicted molar refractivity (Wildman–Crippen MR) is 149 cm³/mol. The van der Waals surface area contributed by atoms with Crippen LogP contribution in [0.1, 0.15) is 41.5 Å². The van der Waals surface area contributed by atoms with Crippen molar-refractivity contribution in [1.29, 1.82) is 0 Å². The van der Waals surface area contributed by atoms with Gasteiger partial charge in [0, 0.05) is 22.3 Å². The summed E-state index contributed by atoms with van der Waals surface area (Å²) < 4.78 is 12.2. The van der Waals surface area contributed by atoms with Crippen molar-refractivity contribution in [3.05, 3.63) is 143 Å². The highest BCUT2D eigenvalue weighted by Gasteiger charge is 2.21. The molecule has 4 aromatic carbocycles. The van der Waals surface area contributed by atoms with E-state index in [0.29, 0.717) is 13.2 Å². The first-order chi connectivity index (χ1) is 18.3. The maximum absolute atomic E-state index is 13.5. The average molecular weight is 487 g/mol. The van der Waals surface area contributed by atoms with Gasteiger partial charge >= 0.3 is 0 Å². The topological polar surface area (TPSA) is 35.5 Å². The molecule has 0 unspecified atom stereocenters. The van der Waals surface area contributed by atoms with Crippen LogP contribution in [0.5, 0.6) is 11.5 Å². The highest BCUT2D eigenvalue weighted by Crippen LogP contribution is 2.32. The summed E-state index contributed by atoms with van der Waals surface area (Å²) in [5.41, 5.74) is 5.70. The van der Waals surface area contributed by atoms with Crippen LogP contribution in [-0.2, 0) is 18.0 Å². The molecular formula is C34H30O3. The minimum Gasteiger partial charge on any atom is -0.488 e. The van der Waals surface area contributed by atoms with E-state index in [9.17, 15) is 4.79 Å². The van der Waals surface area contributed by atoms with Gasteiger partial charge in [-0.15, -0.1) is 0 Å². The molecule has 0 N–H and O–H groups in total. The first-order valence-electron chi connectivity index (χ1n) is 12.7. The van der Waals surface area contributed by atoms with Gasteiger partial charge in [-0.05, 0) is 54.7 Å². The first kappa shape index (κ1) is 24.3. The zero-order valence-corrected chi connectivity index (χ0v) is 20.8. The van der Waals surface area contributed by atoms with Crippen LogP contribution in [0.25, 0.3) is 12.2 Å². The van der Waals surface area contributed by atoms with Gasteiger partial charge in [-0.1, -0.05) is 97.1 Å². The van der Waals surface area contributed by atoms with Gasteiger partial charge < -0.3 is 9.47 Å². The van der Waals surface area contributed by atoms with E-state index < -0.39 is 0 Å². The Hall–Kier alpha value is -4.37. The minimum atomic E-state index is 0.0991. The number of Topliss-reactive ketones (excluding diaryl/α,β-unsaturated/α-hetero) is 1. The van der Waals surface area contributed by atoms with Crippen LogP contribution in [0.3, 0.4) is 0 Å². The van der Waals surface area contributed by atoms with Gasteiger partial charge in [-0.25, -0.2) is 0 Å². The number of carbonyl (C=O) groups is 1. The lowest BCUT2D eigenvalue weighted by Gasteiger charge is -2.18. The Morgan fingerprint density at radius 2 is 0.946 bits per heavy atom. The average Bonchev–Trinajstić information content (AvgIpc) is 2.95. The van der Waals surface area contributed by atoms with Crippen molar-refractivity contribution >= 4 is 17.9 Å². The molecule has 0 amide bonds. The quantitative estimate of drug-likeness (QED) is 0.236. The van der Waals surface area contributed by atoms with E-state index in [1.54, 1.807) is 0 Å². The van der Waals surface area contributed by atoms with Crippen molar-refractivity contribution in [1.82, 2.24) is 0 Å². The Labute approximate surface area is 218 Å². The Morgan fingerprint density at radius 3 is 1.41 bits per heavy atom. The van der Waals surface area contributed by atoms with Crippen LogP contribution in [-0.4, -0.2) is 5.78 Å². The van der Waals surface area contributed by atoms with Crippen molar-refractivity contribution in [2.24, 2.45) is 0 Å². The number of allylic oxidation sites excluding steroid dienone is 2. The third-order valence-corrected chi connectivity index (χ3v) is 6.45. The number of hydrogen-bond donors (Lipinski definition) is 0. The standard InChI is InChI=1S/C34H30O3/c35-34-30(22-28-16-7-9-20-32(28)36-24-26-12-3-1-4-13-26)18-11-19-31(34)23-29-17-8-10-21-33(29)37-25-27-14-5-2-6-15-27/h1-10,12-17,20-23H,11,18-19,24-25H2/b30-22+,31-23+. The maximum atomic E-state index is 13.5. The van der Waals surface area contributed by atoms with Crippen LogP contribution in [0.15, 0.2) is 120 Å². The molecule has 1 aliphatic carbocycles. The number of carbonyl (C=O) groups excluding carboxylic acids is 1. The fraction of sp³-hybridized carbons (Fsp3) is 0.147. The molecule has 1 saturated carbocycles. The van der Waals surface area contributed by atoms with Crippen LogP contribution >= 0.6 is 0 Å². The summed E-state index contributed by atoms with van der Waals surface area (Å²) >= 11 is 0. The van der Waals surface area contributed by atoms with Crippen LogP contribution in [0.4, 0.5) is 0 Å². The Morgan fingerprint density at radius 1 is 0.541 bits per heavy atom. The number of ketones is 1. The van der Waals surface area contributed by atoms with Crippen molar-refractivity contribution in [3.63, 3.8) is 0 Å². The predicted octanol–water partition coefficient (Wildman–Crippen LogP) is 8.06. The van der Waals surface area contributed by atoms with Crippen molar-refractivity contribution in [2.75, 3.05) is 0 Å². The molecular weight excluding hydrogens is 456 g/mol. The molecule has 1 aliphatic rings. The fourth-order valence-electron chi connectivity index (χ4n) is 4.49. The summed E-state index contributed by atoms with van der Waals surface area (Å²) in [5.74, 6) is 1.66. The summed E-state index contributed by atoms with van der Waals surface area (Å²) in [5, 5.41) is 0. The Bertz CT molecular complexity index is 1290. The number of para-hydroxylation sites is 2. The second-order valence-corrected chi connectivity index (χ2v) is 9.15. The molecule has 0 atom stereocenters. The molecule has 0 heterocycles. The molecule has 37 heavy (non-hydrogen) atoms. The summed E-state index contributed by atoms with van der Waals surface area (Å²) in [7, 11) is 0. The van der Waals surface area contributed by atoms with E-state index in [0.717, 1.165) is 64.2 Å². The summed E-state index contributed by atoms with van der Waals surface area (Å²) in [6, 6.07) is 36.0. The number of benzene rings is 4. The second-order valence-electron chi connectivity index (χ2n) is 9.15. The van der Waals surface area contributed by atoms with Gasteiger partial charge in [-0.2, -0.15) is 0 Å². The van der Waals surface area contributed by atoms with Gasteiger partial charge in [0.25, 0.3) is 0 Å². The molecule has 0 radical (unpaired) electrons. The Balaban J connectivity index is 1.34. The van der Waals surface area contributed by atoms with E-state index in [1.807, 2.05) is 121 Å². The molecule has 0 aromatic heterocycles. The van der Waals surface area contributed by atoms with E-state index in [2.05, 4.69) is 0 Å². The lowest BCUT2D eigenvalue weighted by molar-refractivity contribution is -0.112. The molecule has 184 valence electrons. The maximum Gasteiger partial charge on any atom is 0.185 e. The third-order valence-electron chi connectivity index (χ3n) is 6.45. The lowest BCUT2D eigenvalue weighted by atomic mass is 9.86. The molecule has 3 nitrogen and oxygen atoms in total. The van der Waals surface area contributed by atoms with E-state index in [-0.39, 0.29) is 5.78 Å². The zero-order valence-electron chi connectivity index (χ0n) is 20.8. The van der Waals surface area contributed by atoms with E-state index in [4.69, 9.17) is 9.47 Å². The highest BCUT2D eigenvalue weighted by molar-refractivity contribution is 6.14. The van der Waals surface area contributed by atoms with Gasteiger partial charge in [0.05, 0.1) is 0 Å². The third kappa shape index (κ3) is 6.45. The monoisotopic (exact) mass is 486 g/mol. The first-order valence-corrected chi connectivity index (χ1v) is 12.7. The molecule has 0 spiro atoms. The number of hydrogen-bond acceptors (Lipinski definition) is 3. The second kappa shape index (κ2) is 12.0. The molecule has 0 saturated heterocycles. The molecule has 0 aliphatic heterocycles. The van der Waals surface area contributed by atoms with Crippen LogP contribution in [0, 0.1) is 0 Å². The number of rotatable bonds is 8. The van der Waals surface area contributed by atoms with Crippen LogP contribution in [0.2, 0.25) is 0 Å². The summed E-state index contributed by atoms with van der Waals surface area (Å²) in [6.07, 6.45) is 6.44. The van der Waals surface area contributed by atoms with Gasteiger partial charge in [-0.3, -0.25) is 4.79 Å². The van der Waals surface area contributed by atoms with Crippen molar-refractivity contribution in [2.45, 2.75) is 32.5 Å². The molecule has 0 bridgehead atoms. The van der Waals surface area contributed by atoms with Gasteiger partial charge in [0.1, 0.15) is 24.7 Å². The Kier molecular flexibility index (Phi) is 7.92. The highest BCUT2D eigenvalue weighted by atomic mass is 16.5. The molecule has 1 fully saturated rings.